The summed E-state index contributed by atoms with van der Waals surface area (Å²) in [5.74, 6) is -0.103. The minimum absolute atomic E-state index is 0.103. The molecule has 0 aliphatic carbocycles. The first-order valence-corrected chi connectivity index (χ1v) is 5.72. The van der Waals surface area contributed by atoms with Crippen LogP contribution in [0.4, 0.5) is 0 Å². The van der Waals surface area contributed by atoms with E-state index in [0.717, 1.165) is 12.0 Å². The molecule has 2 rings (SSSR count). The van der Waals surface area contributed by atoms with Crippen molar-refractivity contribution < 1.29 is 9.53 Å². The van der Waals surface area contributed by atoms with E-state index in [1.807, 2.05) is 30.3 Å². The molecule has 1 saturated heterocycles. The van der Waals surface area contributed by atoms with Gasteiger partial charge in [-0.05, 0) is 5.56 Å². The molecule has 1 fully saturated rings. The summed E-state index contributed by atoms with van der Waals surface area (Å²) in [6.45, 7) is 0. The first-order chi connectivity index (χ1) is 6.77. The van der Waals surface area contributed by atoms with E-state index in [1.165, 1.54) is 0 Å². The topological polar surface area (TPSA) is 26.3 Å². The van der Waals surface area contributed by atoms with E-state index in [9.17, 15) is 4.79 Å². The number of rotatable bonds is 2. The van der Waals surface area contributed by atoms with Gasteiger partial charge in [0.25, 0.3) is 0 Å². The lowest BCUT2D eigenvalue weighted by molar-refractivity contribution is -0.147. The van der Waals surface area contributed by atoms with Crippen molar-refractivity contribution in [1.82, 2.24) is 0 Å². The van der Waals surface area contributed by atoms with Crippen molar-refractivity contribution in [2.24, 2.45) is 0 Å². The molecule has 0 spiro atoms. The lowest BCUT2D eigenvalue weighted by atomic mass is 9.93. The number of hydrogen-bond acceptors (Lipinski definition) is 2. The highest BCUT2D eigenvalue weighted by Gasteiger charge is 2.40. The number of ether oxygens (including phenoxy) is 1. The molecule has 1 aliphatic heterocycles. The number of benzene rings is 1. The third kappa shape index (κ3) is 1.57. The van der Waals surface area contributed by atoms with Gasteiger partial charge in [-0.1, -0.05) is 46.3 Å². The normalized spacial score (nSPS) is 26.2. The molecule has 14 heavy (non-hydrogen) atoms. The molecule has 1 aromatic carbocycles. The summed E-state index contributed by atoms with van der Waals surface area (Å²) >= 11 is 3.42. The Kier molecular flexibility index (Phi) is 2.59. The van der Waals surface area contributed by atoms with E-state index >= 15 is 0 Å². The number of esters is 1. The molecule has 0 unspecified atom stereocenters. The Morgan fingerprint density at radius 2 is 2.07 bits per heavy atom. The minimum atomic E-state index is -0.432. The zero-order valence-corrected chi connectivity index (χ0v) is 9.29. The van der Waals surface area contributed by atoms with Gasteiger partial charge in [-0.15, -0.1) is 0 Å². The molecule has 1 aliphatic rings. The molecule has 0 aromatic heterocycles. The second-order valence-corrected chi connectivity index (χ2v) is 4.03. The molecule has 1 heterocycles. The Morgan fingerprint density at radius 1 is 1.36 bits per heavy atom. The quantitative estimate of drug-likeness (QED) is 0.599. The van der Waals surface area contributed by atoms with Crippen molar-refractivity contribution in [2.45, 2.75) is 18.4 Å². The van der Waals surface area contributed by atoms with E-state index in [-0.39, 0.29) is 5.97 Å². The SMILES string of the molecule is O=C1CC[C@](CBr)(c2ccccc2)O1. The van der Waals surface area contributed by atoms with Crippen molar-refractivity contribution in [2.75, 3.05) is 5.33 Å². The molecule has 1 aromatic rings. The van der Waals surface area contributed by atoms with Gasteiger partial charge in [0.05, 0.1) is 0 Å². The largest absolute Gasteiger partial charge is 0.453 e. The van der Waals surface area contributed by atoms with Gasteiger partial charge < -0.3 is 4.74 Å². The van der Waals surface area contributed by atoms with E-state index < -0.39 is 5.60 Å². The standard InChI is InChI=1S/C11H11BrO2/c12-8-11(7-6-10(13)14-11)9-4-2-1-3-5-9/h1-5H,6-8H2/t11-/m0/s1. The molecule has 74 valence electrons. The van der Waals surface area contributed by atoms with Crippen LogP contribution < -0.4 is 0 Å². The predicted octanol–water partition coefficient (Wildman–Crippen LogP) is 2.61. The third-order valence-corrected chi connectivity index (χ3v) is 3.46. The maximum atomic E-state index is 11.1. The van der Waals surface area contributed by atoms with Crippen LogP contribution in [0.3, 0.4) is 0 Å². The highest BCUT2D eigenvalue weighted by molar-refractivity contribution is 9.09. The minimum Gasteiger partial charge on any atom is -0.453 e. The second-order valence-electron chi connectivity index (χ2n) is 3.47. The first-order valence-electron chi connectivity index (χ1n) is 4.60. The van der Waals surface area contributed by atoms with Gasteiger partial charge in [0, 0.05) is 18.2 Å². The fraction of sp³-hybridized carbons (Fsp3) is 0.364. The van der Waals surface area contributed by atoms with Crippen LogP contribution in [0.1, 0.15) is 18.4 Å². The summed E-state index contributed by atoms with van der Waals surface area (Å²) in [6.07, 6.45) is 1.28. The number of alkyl halides is 1. The summed E-state index contributed by atoms with van der Waals surface area (Å²) in [5.41, 5.74) is 0.640. The summed E-state index contributed by atoms with van der Waals surface area (Å²) in [4.78, 5) is 11.1. The van der Waals surface area contributed by atoms with Crippen molar-refractivity contribution in [1.29, 1.82) is 0 Å². The number of halogens is 1. The average Bonchev–Trinajstić information content (AvgIpc) is 2.63. The smallest absolute Gasteiger partial charge is 0.306 e. The van der Waals surface area contributed by atoms with E-state index in [2.05, 4.69) is 15.9 Å². The molecule has 0 amide bonds. The Morgan fingerprint density at radius 3 is 2.57 bits per heavy atom. The lowest BCUT2D eigenvalue weighted by Gasteiger charge is -2.25. The van der Waals surface area contributed by atoms with Gasteiger partial charge in [-0.25, -0.2) is 0 Å². The van der Waals surface area contributed by atoms with Crippen molar-refractivity contribution >= 4 is 21.9 Å². The fourth-order valence-corrected chi connectivity index (χ4v) is 2.46. The van der Waals surface area contributed by atoms with Crippen LogP contribution in [0, 0.1) is 0 Å². The Bertz CT molecular complexity index is 336. The monoisotopic (exact) mass is 254 g/mol. The number of cyclic esters (lactones) is 1. The summed E-state index contributed by atoms with van der Waals surface area (Å²) in [7, 11) is 0. The van der Waals surface area contributed by atoms with Crippen LogP contribution in [-0.4, -0.2) is 11.3 Å². The molecule has 1 atom stereocenters. The van der Waals surface area contributed by atoms with Crippen LogP contribution in [0.5, 0.6) is 0 Å². The summed E-state index contributed by atoms with van der Waals surface area (Å²) in [5, 5.41) is 0.662. The van der Waals surface area contributed by atoms with Gasteiger partial charge in [-0.3, -0.25) is 4.79 Å². The molecule has 3 heteroatoms. The summed E-state index contributed by atoms with van der Waals surface area (Å²) in [6, 6.07) is 9.89. The maximum Gasteiger partial charge on any atom is 0.306 e. The van der Waals surface area contributed by atoms with Crippen LogP contribution in [0.25, 0.3) is 0 Å². The van der Waals surface area contributed by atoms with Gasteiger partial charge in [0.15, 0.2) is 0 Å². The fourth-order valence-electron chi connectivity index (χ4n) is 1.74. The highest BCUT2D eigenvalue weighted by atomic mass is 79.9. The van der Waals surface area contributed by atoms with Gasteiger partial charge in [0.2, 0.25) is 0 Å². The predicted molar refractivity (Wildman–Crippen MR) is 57.2 cm³/mol. The van der Waals surface area contributed by atoms with E-state index in [1.54, 1.807) is 0 Å². The maximum absolute atomic E-state index is 11.1. The van der Waals surface area contributed by atoms with Crippen molar-refractivity contribution in [3.8, 4) is 0 Å². The number of hydrogen-bond donors (Lipinski definition) is 0. The summed E-state index contributed by atoms with van der Waals surface area (Å²) < 4.78 is 5.40. The number of carbonyl (C=O) groups is 1. The van der Waals surface area contributed by atoms with Gasteiger partial charge >= 0.3 is 5.97 Å². The van der Waals surface area contributed by atoms with E-state index in [4.69, 9.17) is 4.74 Å². The highest BCUT2D eigenvalue weighted by Crippen LogP contribution is 2.38. The molecular weight excluding hydrogens is 244 g/mol. The van der Waals surface area contributed by atoms with Crippen molar-refractivity contribution in [3.63, 3.8) is 0 Å². The first kappa shape index (κ1) is 9.71. The Balaban J connectivity index is 2.34. The molecule has 0 N–H and O–H groups in total. The molecule has 0 bridgehead atoms. The average molecular weight is 255 g/mol. The molecule has 0 saturated carbocycles. The third-order valence-electron chi connectivity index (χ3n) is 2.56. The van der Waals surface area contributed by atoms with Crippen molar-refractivity contribution in [3.05, 3.63) is 35.9 Å². The Labute approximate surface area is 91.4 Å². The number of carbonyl (C=O) groups excluding carboxylic acids is 1. The van der Waals surface area contributed by atoms with E-state index in [0.29, 0.717) is 11.8 Å². The van der Waals surface area contributed by atoms with Gasteiger partial charge in [0.1, 0.15) is 5.60 Å². The second kappa shape index (κ2) is 3.73. The van der Waals surface area contributed by atoms with Crippen LogP contribution >= 0.6 is 15.9 Å². The van der Waals surface area contributed by atoms with Gasteiger partial charge in [-0.2, -0.15) is 0 Å². The Hall–Kier alpha value is -0.830. The molecule has 0 radical (unpaired) electrons. The lowest BCUT2D eigenvalue weighted by Crippen LogP contribution is -2.27. The zero-order valence-electron chi connectivity index (χ0n) is 7.70. The van der Waals surface area contributed by atoms with Crippen LogP contribution in [0.15, 0.2) is 30.3 Å². The zero-order chi connectivity index (χ0) is 10.0. The van der Waals surface area contributed by atoms with Crippen LogP contribution in [0.2, 0.25) is 0 Å². The van der Waals surface area contributed by atoms with Crippen LogP contribution in [-0.2, 0) is 15.1 Å². The molecule has 2 nitrogen and oxygen atoms in total. The molecular formula is C11H11BrO2.